The van der Waals surface area contributed by atoms with Gasteiger partial charge in [0.05, 0.1) is 18.4 Å². The predicted molar refractivity (Wildman–Crippen MR) is 91.6 cm³/mol. The molecule has 0 bridgehead atoms. The quantitative estimate of drug-likeness (QED) is 0.732. The number of anilines is 2. The Morgan fingerprint density at radius 3 is 2.50 bits per heavy atom. The van der Waals surface area contributed by atoms with Crippen LogP contribution in [0.4, 0.5) is 11.4 Å². The average Bonchev–Trinajstić information content (AvgIpc) is 2.96. The van der Waals surface area contributed by atoms with Gasteiger partial charge in [-0.15, -0.1) is 0 Å². The van der Waals surface area contributed by atoms with Crippen LogP contribution in [0.5, 0.6) is 0 Å². The third kappa shape index (κ3) is 3.37. The predicted octanol–water partition coefficient (Wildman–Crippen LogP) is 4.80. The van der Waals surface area contributed by atoms with Crippen molar-refractivity contribution in [2.24, 2.45) is 0 Å². The smallest absolute Gasteiger partial charge is 0.0770 e. The van der Waals surface area contributed by atoms with Crippen LogP contribution in [0.15, 0.2) is 67.0 Å². The molecule has 1 aromatic heterocycles. The van der Waals surface area contributed by atoms with Crippen molar-refractivity contribution in [3.05, 3.63) is 78.1 Å². The fourth-order valence-electron chi connectivity index (χ4n) is 2.55. The van der Waals surface area contributed by atoms with Crippen molar-refractivity contribution in [2.45, 2.75) is 26.3 Å². The van der Waals surface area contributed by atoms with E-state index in [0.717, 1.165) is 17.9 Å². The first-order valence-electron chi connectivity index (χ1n) is 7.64. The summed E-state index contributed by atoms with van der Waals surface area (Å²) in [6, 6.07) is 18.8. The van der Waals surface area contributed by atoms with Gasteiger partial charge in [-0.25, -0.2) is 0 Å². The fraction of sp³-hybridized carbons (Fsp3) is 0.211. The summed E-state index contributed by atoms with van der Waals surface area (Å²) in [5.41, 5.74) is 4.74. The summed E-state index contributed by atoms with van der Waals surface area (Å²) in [6.45, 7) is 5.20. The standard InChI is InChI=1S/C19H21N3/c1-15(2)18-10-6-7-11-19(18)21-17-12-20-22(14-17)13-16-8-4-3-5-9-16/h3-12,14-15,21H,13H2,1-2H3. The van der Waals surface area contributed by atoms with Gasteiger partial charge < -0.3 is 5.32 Å². The van der Waals surface area contributed by atoms with Crippen LogP contribution in [0.3, 0.4) is 0 Å². The Balaban J connectivity index is 1.75. The van der Waals surface area contributed by atoms with Crippen molar-refractivity contribution in [2.75, 3.05) is 5.32 Å². The number of aromatic nitrogens is 2. The molecule has 3 heteroatoms. The number of para-hydroxylation sites is 1. The maximum Gasteiger partial charge on any atom is 0.0770 e. The molecule has 3 aromatic rings. The molecule has 22 heavy (non-hydrogen) atoms. The summed E-state index contributed by atoms with van der Waals surface area (Å²) in [6.07, 6.45) is 3.92. The highest BCUT2D eigenvalue weighted by Crippen LogP contribution is 2.26. The van der Waals surface area contributed by atoms with Gasteiger partial charge in [0, 0.05) is 11.9 Å². The summed E-state index contributed by atoms with van der Waals surface area (Å²) in [5, 5.41) is 7.91. The summed E-state index contributed by atoms with van der Waals surface area (Å²) in [5.74, 6) is 0.489. The molecule has 1 heterocycles. The molecule has 2 aromatic carbocycles. The number of hydrogen-bond donors (Lipinski definition) is 1. The topological polar surface area (TPSA) is 29.9 Å². The molecule has 0 saturated carbocycles. The third-order valence-electron chi connectivity index (χ3n) is 3.68. The second-order valence-corrected chi connectivity index (χ2v) is 5.78. The number of nitrogens with zero attached hydrogens (tertiary/aromatic N) is 2. The molecule has 0 aliphatic rings. The lowest BCUT2D eigenvalue weighted by Gasteiger charge is -2.13. The molecule has 112 valence electrons. The molecular weight excluding hydrogens is 270 g/mol. The van der Waals surface area contributed by atoms with Gasteiger partial charge >= 0.3 is 0 Å². The maximum absolute atomic E-state index is 4.44. The lowest BCUT2D eigenvalue weighted by atomic mass is 10.0. The first-order chi connectivity index (χ1) is 10.7. The molecule has 0 amide bonds. The molecule has 0 aliphatic carbocycles. The molecular formula is C19H21N3. The second kappa shape index (κ2) is 6.48. The van der Waals surface area contributed by atoms with Crippen LogP contribution >= 0.6 is 0 Å². The van der Waals surface area contributed by atoms with Gasteiger partial charge in [0.15, 0.2) is 0 Å². The van der Waals surface area contributed by atoms with Gasteiger partial charge in [-0.3, -0.25) is 4.68 Å². The van der Waals surface area contributed by atoms with Crippen LogP contribution in [-0.2, 0) is 6.54 Å². The molecule has 0 aliphatic heterocycles. The molecule has 1 N–H and O–H groups in total. The van der Waals surface area contributed by atoms with Gasteiger partial charge in [-0.2, -0.15) is 5.10 Å². The molecule has 3 rings (SSSR count). The van der Waals surface area contributed by atoms with Crippen LogP contribution in [0.1, 0.15) is 30.9 Å². The van der Waals surface area contributed by atoms with Crippen LogP contribution in [0.2, 0.25) is 0 Å². The SMILES string of the molecule is CC(C)c1ccccc1Nc1cnn(Cc2ccccc2)c1. The lowest BCUT2D eigenvalue weighted by molar-refractivity contribution is 0.687. The Morgan fingerprint density at radius 2 is 1.73 bits per heavy atom. The second-order valence-electron chi connectivity index (χ2n) is 5.78. The van der Waals surface area contributed by atoms with Gasteiger partial charge in [-0.05, 0) is 23.1 Å². The molecule has 3 nitrogen and oxygen atoms in total. The zero-order valence-electron chi connectivity index (χ0n) is 13.0. The molecule has 0 radical (unpaired) electrons. The molecule has 0 fully saturated rings. The van der Waals surface area contributed by atoms with E-state index < -0.39 is 0 Å². The van der Waals surface area contributed by atoms with Crippen molar-refractivity contribution in [1.82, 2.24) is 9.78 Å². The zero-order chi connectivity index (χ0) is 15.4. The largest absolute Gasteiger partial charge is 0.353 e. The first kappa shape index (κ1) is 14.4. The highest BCUT2D eigenvalue weighted by atomic mass is 15.3. The van der Waals surface area contributed by atoms with Crippen LogP contribution in [0.25, 0.3) is 0 Å². The lowest BCUT2D eigenvalue weighted by Crippen LogP contribution is -1.99. The van der Waals surface area contributed by atoms with E-state index in [0.29, 0.717) is 5.92 Å². The number of benzene rings is 2. The molecule has 0 unspecified atom stereocenters. The van der Waals surface area contributed by atoms with Crippen LogP contribution in [0, 0.1) is 0 Å². The normalized spacial score (nSPS) is 10.9. The summed E-state index contributed by atoms with van der Waals surface area (Å²) in [7, 11) is 0. The highest BCUT2D eigenvalue weighted by Gasteiger charge is 2.07. The first-order valence-corrected chi connectivity index (χ1v) is 7.64. The summed E-state index contributed by atoms with van der Waals surface area (Å²) >= 11 is 0. The number of rotatable bonds is 5. The monoisotopic (exact) mass is 291 g/mol. The zero-order valence-corrected chi connectivity index (χ0v) is 13.0. The van der Waals surface area contributed by atoms with Crippen molar-refractivity contribution in [3.63, 3.8) is 0 Å². The average molecular weight is 291 g/mol. The minimum atomic E-state index is 0.489. The van der Waals surface area contributed by atoms with E-state index in [2.05, 4.69) is 72.8 Å². The van der Waals surface area contributed by atoms with Gasteiger partial charge in [0.2, 0.25) is 0 Å². The van der Waals surface area contributed by atoms with E-state index in [1.165, 1.54) is 11.1 Å². The van der Waals surface area contributed by atoms with E-state index in [4.69, 9.17) is 0 Å². The maximum atomic E-state index is 4.44. The van der Waals surface area contributed by atoms with Gasteiger partial charge in [-0.1, -0.05) is 62.4 Å². The molecule has 0 saturated heterocycles. The Labute approximate surface area is 131 Å². The van der Waals surface area contributed by atoms with Crippen molar-refractivity contribution < 1.29 is 0 Å². The van der Waals surface area contributed by atoms with Crippen LogP contribution < -0.4 is 5.32 Å². The van der Waals surface area contributed by atoms with E-state index in [1.807, 2.05) is 23.1 Å². The number of nitrogens with one attached hydrogen (secondary N) is 1. The van der Waals surface area contributed by atoms with Crippen molar-refractivity contribution in [1.29, 1.82) is 0 Å². The Morgan fingerprint density at radius 1 is 1.00 bits per heavy atom. The van der Waals surface area contributed by atoms with E-state index in [9.17, 15) is 0 Å². The Bertz CT molecular complexity index is 729. The van der Waals surface area contributed by atoms with E-state index in [1.54, 1.807) is 0 Å². The Kier molecular flexibility index (Phi) is 4.24. The van der Waals surface area contributed by atoms with Crippen molar-refractivity contribution >= 4 is 11.4 Å². The number of hydrogen-bond acceptors (Lipinski definition) is 2. The van der Waals surface area contributed by atoms with E-state index in [-0.39, 0.29) is 0 Å². The van der Waals surface area contributed by atoms with Crippen LogP contribution in [-0.4, -0.2) is 9.78 Å². The third-order valence-corrected chi connectivity index (χ3v) is 3.68. The van der Waals surface area contributed by atoms with Gasteiger partial charge in [0.25, 0.3) is 0 Å². The fourth-order valence-corrected chi connectivity index (χ4v) is 2.55. The molecule has 0 atom stereocenters. The summed E-state index contributed by atoms with van der Waals surface area (Å²) in [4.78, 5) is 0. The minimum Gasteiger partial charge on any atom is -0.353 e. The van der Waals surface area contributed by atoms with Gasteiger partial charge in [0.1, 0.15) is 0 Å². The molecule has 0 spiro atoms. The van der Waals surface area contributed by atoms with E-state index >= 15 is 0 Å². The highest BCUT2D eigenvalue weighted by molar-refractivity contribution is 5.62. The summed E-state index contributed by atoms with van der Waals surface area (Å²) < 4.78 is 1.95. The van der Waals surface area contributed by atoms with Crippen molar-refractivity contribution in [3.8, 4) is 0 Å². The Hall–Kier alpha value is -2.55. The minimum absolute atomic E-state index is 0.489.